The lowest BCUT2D eigenvalue weighted by molar-refractivity contribution is 0.112. The molecule has 0 amide bonds. The van der Waals surface area contributed by atoms with E-state index >= 15 is 0 Å². The van der Waals surface area contributed by atoms with Crippen LogP contribution in [-0.2, 0) is 0 Å². The van der Waals surface area contributed by atoms with E-state index in [4.69, 9.17) is 11.6 Å². The van der Waals surface area contributed by atoms with Crippen LogP contribution in [0, 0.1) is 13.8 Å². The third-order valence-corrected chi connectivity index (χ3v) is 3.71. The van der Waals surface area contributed by atoms with Crippen molar-refractivity contribution < 1.29 is 4.79 Å². The van der Waals surface area contributed by atoms with E-state index in [1.165, 1.54) is 0 Å². The van der Waals surface area contributed by atoms with Crippen LogP contribution in [0.2, 0.25) is 5.15 Å². The highest BCUT2D eigenvalue weighted by Gasteiger charge is 2.11. The number of halogens is 2. The third-order valence-electron chi connectivity index (χ3n) is 2.56. The standard InChI is InChI=1S/C13H11BrClN3O/c1-7-3-4-9(5-11(7)14)18-13-10(6-19)12(15)16-8(2)17-13/h3-6H,1-2H3,(H,16,17,18). The number of hydrogen-bond donors (Lipinski definition) is 1. The molecule has 19 heavy (non-hydrogen) atoms. The van der Waals surface area contributed by atoms with Gasteiger partial charge >= 0.3 is 0 Å². The Kier molecular flexibility index (Phi) is 4.17. The molecule has 0 saturated carbocycles. The number of benzene rings is 1. The highest BCUT2D eigenvalue weighted by atomic mass is 79.9. The Bertz CT molecular complexity index is 646. The summed E-state index contributed by atoms with van der Waals surface area (Å²) in [5.41, 5.74) is 2.19. The molecular formula is C13H11BrClN3O. The van der Waals surface area contributed by atoms with Gasteiger partial charge in [-0.3, -0.25) is 4.79 Å². The van der Waals surface area contributed by atoms with Gasteiger partial charge in [-0.1, -0.05) is 33.6 Å². The van der Waals surface area contributed by atoms with E-state index < -0.39 is 0 Å². The Labute approximate surface area is 124 Å². The van der Waals surface area contributed by atoms with Crippen molar-refractivity contribution >= 4 is 45.3 Å². The molecule has 98 valence electrons. The fourth-order valence-corrected chi connectivity index (χ4v) is 2.19. The molecule has 1 heterocycles. The molecular weight excluding hydrogens is 330 g/mol. The monoisotopic (exact) mass is 339 g/mol. The van der Waals surface area contributed by atoms with E-state index in [2.05, 4.69) is 31.2 Å². The van der Waals surface area contributed by atoms with Gasteiger partial charge in [-0.25, -0.2) is 9.97 Å². The van der Waals surface area contributed by atoms with Crippen LogP contribution >= 0.6 is 27.5 Å². The molecule has 1 aromatic heterocycles. The van der Waals surface area contributed by atoms with Crippen molar-refractivity contribution in [3.63, 3.8) is 0 Å². The van der Waals surface area contributed by atoms with Gasteiger partial charge in [-0.15, -0.1) is 0 Å². The molecule has 0 spiro atoms. The van der Waals surface area contributed by atoms with Gasteiger partial charge in [0, 0.05) is 10.2 Å². The molecule has 1 N–H and O–H groups in total. The number of nitrogens with one attached hydrogen (secondary N) is 1. The highest BCUT2D eigenvalue weighted by Crippen LogP contribution is 2.26. The van der Waals surface area contributed by atoms with Crippen LogP contribution in [0.1, 0.15) is 21.7 Å². The Morgan fingerprint density at radius 1 is 1.32 bits per heavy atom. The summed E-state index contributed by atoms with van der Waals surface area (Å²) in [5.74, 6) is 0.910. The van der Waals surface area contributed by atoms with Gasteiger partial charge in [0.2, 0.25) is 0 Å². The van der Waals surface area contributed by atoms with Gasteiger partial charge in [0.25, 0.3) is 0 Å². The number of aldehydes is 1. The van der Waals surface area contributed by atoms with Crippen LogP contribution < -0.4 is 5.32 Å². The first-order valence-electron chi connectivity index (χ1n) is 5.53. The number of aromatic nitrogens is 2. The zero-order chi connectivity index (χ0) is 14.0. The number of hydrogen-bond acceptors (Lipinski definition) is 4. The lowest BCUT2D eigenvalue weighted by Crippen LogP contribution is -2.03. The molecule has 0 unspecified atom stereocenters. The number of rotatable bonds is 3. The molecule has 0 bridgehead atoms. The largest absolute Gasteiger partial charge is 0.339 e. The topological polar surface area (TPSA) is 54.9 Å². The minimum absolute atomic E-state index is 0.149. The van der Waals surface area contributed by atoms with Gasteiger partial charge in [0.15, 0.2) is 6.29 Å². The summed E-state index contributed by atoms with van der Waals surface area (Å²) in [6.07, 6.45) is 0.646. The van der Waals surface area contributed by atoms with E-state index in [-0.39, 0.29) is 10.7 Å². The molecule has 6 heteroatoms. The van der Waals surface area contributed by atoms with Crippen molar-refractivity contribution in [3.05, 3.63) is 44.8 Å². The lowest BCUT2D eigenvalue weighted by Gasteiger charge is -2.10. The summed E-state index contributed by atoms with van der Waals surface area (Å²) in [6.45, 7) is 3.72. The molecule has 4 nitrogen and oxygen atoms in total. The molecule has 0 saturated heterocycles. The molecule has 0 radical (unpaired) electrons. The average molecular weight is 341 g/mol. The van der Waals surface area contributed by atoms with Crippen LogP contribution in [0.4, 0.5) is 11.5 Å². The maximum absolute atomic E-state index is 11.1. The van der Waals surface area contributed by atoms with Gasteiger partial charge in [-0.05, 0) is 31.5 Å². The molecule has 0 aliphatic rings. The van der Waals surface area contributed by atoms with Crippen molar-refractivity contribution in [2.24, 2.45) is 0 Å². The van der Waals surface area contributed by atoms with Crippen molar-refractivity contribution in [2.75, 3.05) is 5.32 Å². The number of carbonyl (C=O) groups is 1. The Morgan fingerprint density at radius 3 is 2.68 bits per heavy atom. The minimum atomic E-state index is 0.149. The Balaban J connectivity index is 2.42. The lowest BCUT2D eigenvalue weighted by atomic mass is 10.2. The second kappa shape index (κ2) is 5.67. The summed E-state index contributed by atoms with van der Waals surface area (Å²) in [6, 6.07) is 5.78. The smallest absolute Gasteiger partial charge is 0.156 e. The van der Waals surface area contributed by atoms with Gasteiger partial charge < -0.3 is 5.32 Å². The molecule has 1 aromatic carbocycles. The van der Waals surface area contributed by atoms with Gasteiger partial charge in [0.1, 0.15) is 16.8 Å². The number of aryl methyl sites for hydroxylation is 2. The Morgan fingerprint density at radius 2 is 2.05 bits per heavy atom. The summed E-state index contributed by atoms with van der Waals surface area (Å²) < 4.78 is 0.974. The zero-order valence-corrected chi connectivity index (χ0v) is 12.7. The number of nitrogens with zero attached hydrogens (tertiary/aromatic N) is 2. The quantitative estimate of drug-likeness (QED) is 0.676. The fourth-order valence-electron chi connectivity index (χ4n) is 1.55. The molecule has 0 aliphatic carbocycles. The van der Waals surface area contributed by atoms with Crippen molar-refractivity contribution in [3.8, 4) is 0 Å². The van der Waals surface area contributed by atoms with Crippen molar-refractivity contribution in [1.29, 1.82) is 0 Å². The number of anilines is 2. The summed E-state index contributed by atoms with van der Waals surface area (Å²) in [4.78, 5) is 19.2. The minimum Gasteiger partial charge on any atom is -0.339 e. The maximum Gasteiger partial charge on any atom is 0.156 e. The van der Waals surface area contributed by atoms with Crippen LogP contribution in [0.25, 0.3) is 0 Å². The van der Waals surface area contributed by atoms with Crippen LogP contribution in [-0.4, -0.2) is 16.3 Å². The third kappa shape index (κ3) is 3.11. The molecule has 2 aromatic rings. The van der Waals surface area contributed by atoms with E-state index in [0.29, 0.717) is 17.9 Å². The molecule has 0 aliphatic heterocycles. The van der Waals surface area contributed by atoms with E-state index in [1.54, 1.807) is 6.92 Å². The first-order chi connectivity index (χ1) is 9.01. The normalized spacial score (nSPS) is 10.3. The van der Waals surface area contributed by atoms with E-state index in [0.717, 1.165) is 15.7 Å². The van der Waals surface area contributed by atoms with Crippen LogP contribution in [0.5, 0.6) is 0 Å². The van der Waals surface area contributed by atoms with Crippen LogP contribution in [0.3, 0.4) is 0 Å². The van der Waals surface area contributed by atoms with Crippen molar-refractivity contribution in [1.82, 2.24) is 9.97 Å². The average Bonchev–Trinajstić information content (AvgIpc) is 2.33. The second-order valence-corrected chi connectivity index (χ2v) is 5.24. The van der Waals surface area contributed by atoms with E-state index in [9.17, 15) is 4.79 Å². The van der Waals surface area contributed by atoms with Crippen LogP contribution in [0.15, 0.2) is 22.7 Å². The fraction of sp³-hybridized carbons (Fsp3) is 0.154. The SMILES string of the molecule is Cc1nc(Cl)c(C=O)c(Nc2ccc(C)c(Br)c2)n1. The highest BCUT2D eigenvalue weighted by molar-refractivity contribution is 9.10. The number of carbonyl (C=O) groups excluding carboxylic acids is 1. The van der Waals surface area contributed by atoms with E-state index in [1.807, 2.05) is 25.1 Å². The zero-order valence-electron chi connectivity index (χ0n) is 10.4. The summed E-state index contributed by atoms with van der Waals surface area (Å²) in [7, 11) is 0. The predicted molar refractivity (Wildman–Crippen MR) is 79.3 cm³/mol. The first-order valence-corrected chi connectivity index (χ1v) is 6.71. The predicted octanol–water partition coefficient (Wildman–Crippen LogP) is 4.07. The summed E-state index contributed by atoms with van der Waals surface area (Å²) in [5, 5.41) is 3.23. The second-order valence-electron chi connectivity index (χ2n) is 4.03. The first kappa shape index (κ1) is 14.0. The maximum atomic E-state index is 11.1. The Hall–Kier alpha value is -1.46. The van der Waals surface area contributed by atoms with Gasteiger partial charge in [-0.2, -0.15) is 0 Å². The van der Waals surface area contributed by atoms with Crippen molar-refractivity contribution in [2.45, 2.75) is 13.8 Å². The van der Waals surface area contributed by atoms with Gasteiger partial charge in [0.05, 0.1) is 5.56 Å². The summed E-state index contributed by atoms with van der Waals surface area (Å²) >= 11 is 9.38. The molecule has 0 atom stereocenters. The molecule has 0 fully saturated rings. The molecule has 2 rings (SSSR count).